The van der Waals surface area contributed by atoms with Gasteiger partial charge >= 0.3 is 0 Å². The summed E-state index contributed by atoms with van der Waals surface area (Å²) in [5.41, 5.74) is 0.818. The lowest BCUT2D eigenvalue weighted by atomic mass is 9.64. The molecule has 3 rings (SSSR count). The van der Waals surface area contributed by atoms with Crippen molar-refractivity contribution in [2.24, 2.45) is 5.14 Å². The standard InChI is InChI=1S/C18H21N3O5S/c1-26-17-6-3-2-5-14(17)18(9-4-10-18)12-20-15-8-7-13(27(19,24)25)11-16(15)21(22)23/h2-3,5-8,11,20H,4,9-10,12H2,1H3,(H2,19,24,25). The molecular formula is C18H21N3O5S. The van der Waals surface area contributed by atoms with Crippen LogP contribution in [0.25, 0.3) is 0 Å². The van der Waals surface area contributed by atoms with Crippen LogP contribution in [0.15, 0.2) is 47.4 Å². The number of rotatable bonds is 7. The van der Waals surface area contributed by atoms with Crippen molar-refractivity contribution in [3.63, 3.8) is 0 Å². The fraction of sp³-hybridized carbons (Fsp3) is 0.333. The summed E-state index contributed by atoms with van der Waals surface area (Å²) in [5.74, 6) is 0.790. The third-order valence-corrected chi connectivity index (χ3v) is 6.01. The van der Waals surface area contributed by atoms with Gasteiger partial charge in [0, 0.05) is 23.6 Å². The number of nitro benzene ring substituents is 1. The van der Waals surface area contributed by atoms with Crippen LogP contribution in [-0.4, -0.2) is 27.0 Å². The van der Waals surface area contributed by atoms with E-state index >= 15 is 0 Å². The van der Waals surface area contributed by atoms with Crippen molar-refractivity contribution in [3.8, 4) is 5.75 Å². The molecule has 0 aliphatic heterocycles. The lowest BCUT2D eigenvalue weighted by molar-refractivity contribution is -0.384. The van der Waals surface area contributed by atoms with Gasteiger partial charge in [-0.05, 0) is 31.0 Å². The van der Waals surface area contributed by atoms with E-state index in [9.17, 15) is 18.5 Å². The maximum Gasteiger partial charge on any atom is 0.293 e. The van der Waals surface area contributed by atoms with Gasteiger partial charge in [-0.25, -0.2) is 13.6 Å². The highest BCUT2D eigenvalue weighted by molar-refractivity contribution is 7.89. The molecule has 2 aromatic carbocycles. The largest absolute Gasteiger partial charge is 0.496 e. The van der Waals surface area contributed by atoms with Crippen molar-refractivity contribution in [1.29, 1.82) is 0 Å². The highest BCUT2D eigenvalue weighted by Gasteiger charge is 2.40. The molecule has 144 valence electrons. The quantitative estimate of drug-likeness (QED) is 0.552. The van der Waals surface area contributed by atoms with Crippen LogP contribution in [0.1, 0.15) is 24.8 Å². The molecular weight excluding hydrogens is 370 g/mol. The Labute approximate surface area is 157 Å². The Kier molecular flexibility index (Phi) is 5.07. The molecule has 0 aromatic heterocycles. The normalized spacial score (nSPS) is 15.6. The fourth-order valence-corrected chi connectivity index (χ4v) is 4.01. The molecule has 1 fully saturated rings. The average Bonchev–Trinajstić information content (AvgIpc) is 2.60. The number of nitrogens with one attached hydrogen (secondary N) is 1. The Balaban J connectivity index is 1.90. The molecule has 0 spiro atoms. The number of nitrogens with two attached hydrogens (primary N) is 1. The Bertz CT molecular complexity index is 971. The van der Waals surface area contributed by atoms with Gasteiger partial charge in [0.05, 0.1) is 16.9 Å². The molecule has 27 heavy (non-hydrogen) atoms. The summed E-state index contributed by atoms with van der Waals surface area (Å²) in [5, 5.41) is 19.6. The van der Waals surface area contributed by atoms with Crippen molar-refractivity contribution >= 4 is 21.4 Å². The molecule has 3 N–H and O–H groups in total. The van der Waals surface area contributed by atoms with Gasteiger partial charge in [0.2, 0.25) is 10.0 Å². The lowest BCUT2D eigenvalue weighted by Crippen LogP contribution is -2.41. The Morgan fingerprint density at radius 2 is 1.96 bits per heavy atom. The summed E-state index contributed by atoms with van der Waals surface area (Å²) >= 11 is 0. The van der Waals surface area contributed by atoms with Gasteiger partial charge in [-0.15, -0.1) is 0 Å². The van der Waals surface area contributed by atoms with Gasteiger partial charge in [0.1, 0.15) is 11.4 Å². The van der Waals surface area contributed by atoms with Gasteiger partial charge in [-0.2, -0.15) is 0 Å². The molecule has 2 aromatic rings. The lowest BCUT2D eigenvalue weighted by Gasteiger charge is -2.43. The molecule has 0 unspecified atom stereocenters. The van der Waals surface area contributed by atoms with Crippen molar-refractivity contribution in [2.75, 3.05) is 19.0 Å². The number of benzene rings is 2. The maximum atomic E-state index is 11.5. The van der Waals surface area contributed by atoms with Crippen molar-refractivity contribution in [2.45, 2.75) is 29.6 Å². The second-order valence-electron chi connectivity index (χ2n) is 6.67. The summed E-state index contributed by atoms with van der Waals surface area (Å²) < 4.78 is 28.4. The number of hydrogen-bond donors (Lipinski definition) is 2. The number of anilines is 1. The molecule has 9 heteroatoms. The molecule has 1 aliphatic rings. The van der Waals surface area contributed by atoms with Crippen LogP contribution in [0.3, 0.4) is 0 Å². The Hall–Kier alpha value is -2.65. The van der Waals surface area contributed by atoms with Crippen molar-refractivity contribution in [3.05, 3.63) is 58.1 Å². The minimum Gasteiger partial charge on any atom is -0.496 e. The number of ether oxygens (including phenoxy) is 1. The van der Waals surface area contributed by atoms with E-state index in [0.29, 0.717) is 6.54 Å². The number of hydrogen-bond acceptors (Lipinski definition) is 6. The first-order valence-corrected chi connectivity index (χ1v) is 10.0. The minimum absolute atomic E-state index is 0.181. The van der Waals surface area contributed by atoms with Crippen LogP contribution >= 0.6 is 0 Å². The SMILES string of the molecule is COc1ccccc1C1(CNc2ccc(S(N)(=O)=O)cc2[N+](=O)[O-])CCC1. The Morgan fingerprint density at radius 1 is 1.26 bits per heavy atom. The van der Waals surface area contributed by atoms with Crippen LogP contribution in [0.5, 0.6) is 5.75 Å². The molecule has 1 saturated carbocycles. The van der Waals surface area contributed by atoms with Crippen LogP contribution in [-0.2, 0) is 15.4 Å². The van der Waals surface area contributed by atoms with Crippen LogP contribution in [0.2, 0.25) is 0 Å². The fourth-order valence-electron chi connectivity index (χ4n) is 3.48. The first-order chi connectivity index (χ1) is 12.8. The summed E-state index contributed by atoms with van der Waals surface area (Å²) in [6.07, 6.45) is 2.93. The predicted octanol–water partition coefficient (Wildman–Crippen LogP) is 2.78. The second kappa shape index (κ2) is 7.16. The molecule has 0 heterocycles. The van der Waals surface area contributed by atoms with Gasteiger partial charge in [0.25, 0.3) is 5.69 Å². The highest BCUT2D eigenvalue weighted by Crippen LogP contribution is 2.47. The Morgan fingerprint density at radius 3 is 2.52 bits per heavy atom. The highest BCUT2D eigenvalue weighted by atomic mass is 32.2. The van der Waals surface area contributed by atoms with Crippen molar-refractivity contribution in [1.82, 2.24) is 0 Å². The number of methoxy groups -OCH3 is 1. The second-order valence-corrected chi connectivity index (χ2v) is 8.23. The molecule has 0 radical (unpaired) electrons. The summed E-state index contributed by atoms with van der Waals surface area (Å²) in [6.45, 7) is 0.475. The zero-order valence-electron chi connectivity index (χ0n) is 14.8. The third-order valence-electron chi connectivity index (χ3n) is 5.10. The van der Waals surface area contributed by atoms with E-state index in [1.165, 1.54) is 12.1 Å². The minimum atomic E-state index is -4.01. The first kappa shape index (κ1) is 19.1. The predicted molar refractivity (Wildman–Crippen MR) is 101 cm³/mol. The molecule has 8 nitrogen and oxygen atoms in total. The number of para-hydroxylation sites is 1. The smallest absolute Gasteiger partial charge is 0.293 e. The third kappa shape index (κ3) is 3.74. The number of nitrogens with zero attached hydrogens (tertiary/aromatic N) is 1. The van der Waals surface area contributed by atoms with E-state index in [4.69, 9.17) is 9.88 Å². The summed E-state index contributed by atoms with van der Waals surface area (Å²) in [4.78, 5) is 10.5. The van der Waals surface area contributed by atoms with Crippen LogP contribution in [0, 0.1) is 10.1 Å². The first-order valence-electron chi connectivity index (χ1n) is 8.45. The van der Waals surface area contributed by atoms with E-state index in [1.807, 2.05) is 24.3 Å². The van der Waals surface area contributed by atoms with E-state index in [0.717, 1.165) is 36.6 Å². The summed E-state index contributed by atoms with van der Waals surface area (Å²) in [7, 11) is -2.39. The van der Waals surface area contributed by atoms with E-state index in [2.05, 4.69) is 5.32 Å². The topological polar surface area (TPSA) is 125 Å². The van der Waals surface area contributed by atoms with E-state index in [-0.39, 0.29) is 21.7 Å². The van der Waals surface area contributed by atoms with Crippen molar-refractivity contribution < 1.29 is 18.1 Å². The number of nitro groups is 1. The molecule has 0 amide bonds. The molecule has 0 bridgehead atoms. The average molecular weight is 391 g/mol. The van der Waals surface area contributed by atoms with Gasteiger partial charge in [-0.3, -0.25) is 10.1 Å². The number of sulfonamides is 1. The zero-order valence-corrected chi connectivity index (χ0v) is 15.7. The van der Waals surface area contributed by atoms with Gasteiger partial charge in [0.15, 0.2) is 0 Å². The molecule has 0 atom stereocenters. The summed E-state index contributed by atoms with van der Waals surface area (Å²) in [6, 6.07) is 11.4. The van der Waals surface area contributed by atoms with E-state index < -0.39 is 14.9 Å². The van der Waals surface area contributed by atoms with E-state index in [1.54, 1.807) is 7.11 Å². The van der Waals surface area contributed by atoms with Crippen LogP contribution in [0.4, 0.5) is 11.4 Å². The zero-order chi connectivity index (χ0) is 19.7. The molecule has 0 saturated heterocycles. The maximum absolute atomic E-state index is 11.5. The van der Waals surface area contributed by atoms with Gasteiger partial charge in [-0.1, -0.05) is 24.6 Å². The molecule has 1 aliphatic carbocycles. The monoisotopic (exact) mass is 391 g/mol. The number of primary sulfonamides is 1. The van der Waals surface area contributed by atoms with Crippen LogP contribution < -0.4 is 15.2 Å². The van der Waals surface area contributed by atoms with Gasteiger partial charge < -0.3 is 10.1 Å².